The predicted octanol–water partition coefficient (Wildman–Crippen LogP) is 2.33. The van der Waals surface area contributed by atoms with Crippen LogP contribution in [0.4, 0.5) is 5.69 Å². The largest absolute Gasteiger partial charge is 0.354 e. The lowest BCUT2D eigenvalue weighted by molar-refractivity contribution is -0.123. The molecule has 154 valence electrons. The fourth-order valence-electron chi connectivity index (χ4n) is 4.09. The van der Waals surface area contributed by atoms with Crippen LogP contribution < -0.4 is 16.0 Å². The van der Waals surface area contributed by atoms with E-state index in [4.69, 9.17) is 0 Å². The summed E-state index contributed by atoms with van der Waals surface area (Å²) >= 11 is 0. The summed E-state index contributed by atoms with van der Waals surface area (Å²) in [5.74, 6) is 1.05. The van der Waals surface area contributed by atoms with Gasteiger partial charge in [-0.2, -0.15) is 0 Å². The van der Waals surface area contributed by atoms with E-state index < -0.39 is 0 Å². The second-order valence-corrected chi connectivity index (χ2v) is 8.46. The van der Waals surface area contributed by atoms with Crippen molar-refractivity contribution < 1.29 is 9.59 Å². The highest BCUT2D eigenvalue weighted by Gasteiger charge is 2.25. The standard InChI is InChI=1S/C22H34N4O2/c1-16(2)18-7-9-19(10-8-18)25-21(27)15-26-12-4-5-17(14-26)13-24-22(28)20-6-3-11-23-20/h7-10,16-17,20,23H,3-6,11-15H2,1-2H3,(H,24,28)(H,25,27). The quantitative estimate of drug-likeness (QED) is 0.672. The van der Waals surface area contributed by atoms with Gasteiger partial charge in [0.1, 0.15) is 0 Å². The highest BCUT2D eigenvalue weighted by atomic mass is 16.2. The van der Waals surface area contributed by atoms with Crippen molar-refractivity contribution in [2.75, 3.05) is 38.0 Å². The summed E-state index contributed by atoms with van der Waals surface area (Å²) in [7, 11) is 0. The molecule has 3 rings (SSSR count). The third kappa shape index (κ3) is 6.04. The van der Waals surface area contributed by atoms with Gasteiger partial charge in [-0.15, -0.1) is 0 Å². The molecule has 2 fully saturated rings. The molecule has 6 heteroatoms. The molecule has 0 saturated carbocycles. The number of benzene rings is 1. The van der Waals surface area contributed by atoms with Gasteiger partial charge in [0.2, 0.25) is 11.8 Å². The normalized spacial score (nSPS) is 23.0. The maximum absolute atomic E-state index is 12.4. The molecule has 2 aliphatic heterocycles. The first-order chi connectivity index (χ1) is 13.5. The molecule has 1 aromatic rings. The van der Waals surface area contributed by atoms with Crippen LogP contribution in [0.25, 0.3) is 0 Å². The molecular weight excluding hydrogens is 352 g/mol. The summed E-state index contributed by atoms with van der Waals surface area (Å²) in [4.78, 5) is 26.8. The van der Waals surface area contributed by atoms with Crippen LogP contribution in [-0.4, -0.2) is 55.5 Å². The van der Waals surface area contributed by atoms with Gasteiger partial charge in [-0.3, -0.25) is 14.5 Å². The monoisotopic (exact) mass is 386 g/mol. The second-order valence-electron chi connectivity index (χ2n) is 8.46. The van der Waals surface area contributed by atoms with Crippen LogP contribution in [0.2, 0.25) is 0 Å². The van der Waals surface area contributed by atoms with E-state index in [0.29, 0.717) is 24.9 Å². The van der Waals surface area contributed by atoms with E-state index in [9.17, 15) is 9.59 Å². The minimum Gasteiger partial charge on any atom is -0.354 e. The first-order valence-corrected chi connectivity index (χ1v) is 10.6. The van der Waals surface area contributed by atoms with Crippen molar-refractivity contribution in [3.8, 4) is 0 Å². The van der Waals surface area contributed by atoms with Crippen molar-refractivity contribution in [3.05, 3.63) is 29.8 Å². The topological polar surface area (TPSA) is 73.5 Å². The molecule has 2 saturated heterocycles. The van der Waals surface area contributed by atoms with Crippen LogP contribution in [0.15, 0.2) is 24.3 Å². The zero-order valence-electron chi connectivity index (χ0n) is 17.2. The van der Waals surface area contributed by atoms with Crippen LogP contribution >= 0.6 is 0 Å². The maximum atomic E-state index is 12.4. The SMILES string of the molecule is CC(C)c1ccc(NC(=O)CN2CCCC(CNC(=O)C3CCCN3)C2)cc1. The Labute approximate surface area is 168 Å². The number of piperidine rings is 1. The number of hydrogen-bond acceptors (Lipinski definition) is 4. The van der Waals surface area contributed by atoms with Gasteiger partial charge in [0.25, 0.3) is 0 Å². The predicted molar refractivity (Wildman–Crippen MR) is 112 cm³/mol. The Balaban J connectivity index is 1.41. The number of carbonyl (C=O) groups excluding carboxylic acids is 2. The first-order valence-electron chi connectivity index (χ1n) is 10.6. The Morgan fingerprint density at radius 1 is 1.18 bits per heavy atom. The zero-order valence-corrected chi connectivity index (χ0v) is 17.2. The summed E-state index contributed by atoms with van der Waals surface area (Å²) in [5.41, 5.74) is 2.12. The number of anilines is 1. The Morgan fingerprint density at radius 2 is 1.96 bits per heavy atom. The molecule has 1 aromatic carbocycles. The Bertz CT molecular complexity index is 653. The van der Waals surface area contributed by atoms with E-state index >= 15 is 0 Å². The highest BCUT2D eigenvalue weighted by Crippen LogP contribution is 2.18. The summed E-state index contributed by atoms with van der Waals surface area (Å²) < 4.78 is 0. The van der Waals surface area contributed by atoms with Crippen molar-refractivity contribution in [2.45, 2.75) is 51.5 Å². The number of hydrogen-bond donors (Lipinski definition) is 3. The first kappa shape index (κ1) is 20.8. The molecule has 2 unspecified atom stereocenters. The Morgan fingerprint density at radius 3 is 2.64 bits per heavy atom. The average molecular weight is 387 g/mol. The van der Waals surface area contributed by atoms with E-state index in [-0.39, 0.29) is 17.9 Å². The van der Waals surface area contributed by atoms with Gasteiger partial charge < -0.3 is 16.0 Å². The van der Waals surface area contributed by atoms with Crippen LogP contribution in [0, 0.1) is 5.92 Å². The number of carbonyl (C=O) groups is 2. The molecule has 2 heterocycles. The number of nitrogens with one attached hydrogen (secondary N) is 3. The number of likely N-dealkylation sites (tertiary alicyclic amines) is 1. The average Bonchev–Trinajstić information content (AvgIpc) is 3.21. The third-order valence-electron chi connectivity index (χ3n) is 5.77. The van der Waals surface area contributed by atoms with Gasteiger partial charge in [-0.25, -0.2) is 0 Å². The molecule has 0 bridgehead atoms. The van der Waals surface area contributed by atoms with Gasteiger partial charge in [-0.05, 0) is 68.3 Å². The molecule has 3 N–H and O–H groups in total. The van der Waals surface area contributed by atoms with E-state index in [0.717, 1.165) is 51.0 Å². The number of nitrogens with zero attached hydrogens (tertiary/aromatic N) is 1. The van der Waals surface area contributed by atoms with Gasteiger partial charge in [0.15, 0.2) is 0 Å². The molecule has 0 aromatic heterocycles. The maximum Gasteiger partial charge on any atom is 0.238 e. The zero-order chi connectivity index (χ0) is 19.9. The third-order valence-corrected chi connectivity index (χ3v) is 5.77. The summed E-state index contributed by atoms with van der Waals surface area (Å²) in [6.45, 7) is 8.16. The minimum atomic E-state index is -0.0208. The molecular formula is C22H34N4O2. The summed E-state index contributed by atoms with van der Waals surface area (Å²) in [6.07, 6.45) is 4.18. The molecule has 2 aliphatic rings. The van der Waals surface area contributed by atoms with E-state index in [1.807, 2.05) is 12.1 Å². The van der Waals surface area contributed by atoms with Crippen LogP contribution in [0.1, 0.15) is 51.0 Å². The van der Waals surface area contributed by atoms with Gasteiger partial charge in [0, 0.05) is 18.8 Å². The number of rotatable bonds is 7. The van der Waals surface area contributed by atoms with E-state index in [2.05, 4.69) is 46.8 Å². The summed E-state index contributed by atoms with van der Waals surface area (Å²) in [6, 6.07) is 8.06. The lowest BCUT2D eigenvalue weighted by Crippen LogP contribution is -2.46. The second kappa shape index (κ2) is 10.0. The molecule has 28 heavy (non-hydrogen) atoms. The van der Waals surface area contributed by atoms with Crippen molar-refractivity contribution in [3.63, 3.8) is 0 Å². The van der Waals surface area contributed by atoms with Crippen molar-refractivity contribution in [1.82, 2.24) is 15.5 Å². The van der Waals surface area contributed by atoms with Crippen LogP contribution in [-0.2, 0) is 9.59 Å². The smallest absolute Gasteiger partial charge is 0.238 e. The molecule has 6 nitrogen and oxygen atoms in total. The summed E-state index contributed by atoms with van der Waals surface area (Å²) in [5, 5.41) is 9.33. The Kier molecular flexibility index (Phi) is 7.45. The van der Waals surface area contributed by atoms with E-state index in [1.165, 1.54) is 5.56 Å². The Hall–Kier alpha value is -1.92. The van der Waals surface area contributed by atoms with Crippen molar-refractivity contribution >= 4 is 17.5 Å². The molecule has 0 spiro atoms. The van der Waals surface area contributed by atoms with Gasteiger partial charge in [0.05, 0.1) is 12.6 Å². The fourth-order valence-corrected chi connectivity index (χ4v) is 4.09. The van der Waals surface area contributed by atoms with E-state index in [1.54, 1.807) is 0 Å². The van der Waals surface area contributed by atoms with Crippen molar-refractivity contribution in [1.29, 1.82) is 0 Å². The van der Waals surface area contributed by atoms with Gasteiger partial charge >= 0.3 is 0 Å². The lowest BCUT2D eigenvalue weighted by Gasteiger charge is -2.32. The highest BCUT2D eigenvalue weighted by molar-refractivity contribution is 5.92. The minimum absolute atomic E-state index is 0.0208. The lowest BCUT2D eigenvalue weighted by atomic mass is 9.98. The molecule has 0 radical (unpaired) electrons. The van der Waals surface area contributed by atoms with Crippen LogP contribution in [0.3, 0.4) is 0 Å². The van der Waals surface area contributed by atoms with Crippen LogP contribution in [0.5, 0.6) is 0 Å². The molecule has 0 aliphatic carbocycles. The number of amides is 2. The van der Waals surface area contributed by atoms with Crippen molar-refractivity contribution in [2.24, 2.45) is 5.92 Å². The molecule has 2 amide bonds. The fraction of sp³-hybridized carbons (Fsp3) is 0.636. The van der Waals surface area contributed by atoms with Gasteiger partial charge in [-0.1, -0.05) is 26.0 Å². The molecule has 2 atom stereocenters.